The van der Waals surface area contributed by atoms with Crippen LogP contribution in [-0.4, -0.2) is 43.8 Å². The van der Waals surface area contributed by atoms with E-state index in [2.05, 4.69) is 10.3 Å². The minimum absolute atomic E-state index is 0.0345. The number of carbonyl (C=O) groups is 3. The van der Waals surface area contributed by atoms with Gasteiger partial charge in [0, 0.05) is 18.3 Å². The van der Waals surface area contributed by atoms with E-state index in [0.717, 1.165) is 31.9 Å². The highest BCUT2D eigenvalue weighted by atomic mass is 32.2. The fourth-order valence-corrected chi connectivity index (χ4v) is 4.03. The SMILES string of the molecule is CCCC(CCC)OC(=O)c1ccc(C(=O)NS(=O)(=O)c2ccc(C(=O)NCC)cc2)cn1. The summed E-state index contributed by atoms with van der Waals surface area (Å²) in [5.74, 6) is -1.82. The lowest BCUT2D eigenvalue weighted by Crippen LogP contribution is -2.31. The van der Waals surface area contributed by atoms with E-state index in [1.54, 1.807) is 6.92 Å². The molecule has 0 spiro atoms. The zero-order valence-corrected chi connectivity index (χ0v) is 19.8. The number of sulfonamides is 1. The van der Waals surface area contributed by atoms with E-state index in [-0.39, 0.29) is 28.2 Å². The van der Waals surface area contributed by atoms with Gasteiger partial charge in [0.2, 0.25) is 0 Å². The van der Waals surface area contributed by atoms with Gasteiger partial charge in [-0.25, -0.2) is 22.9 Å². The molecule has 0 bridgehead atoms. The number of amides is 2. The maximum atomic E-state index is 12.5. The van der Waals surface area contributed by atoms with Crippen LogP contribution in [-0.2, 0) is 14.8 Å². The Labute approximate surface area is 194 Å². The van der Waals surface area contributed by atoms with Gasteiger partial charge in [-0.05, 0) is 56.2 Å². The molecule has 2 rings (SSSR count). The third-order valence-electron chi connectivity index (χ3n) is 4.72. The van der Waals surface area contributed by atoms with Crippen molar-refractivity contribution in [3.8, 4) is 0 Å². The lowest BCUT2D eigenvalue weighted by molar-refractivity contribution is 0.0251. The van der Waals surface area contributed by atoms with Crippen LogP contribution >= 0.6 is 0 Å². The highest BCUT2D eigenvalue weighted by molar-refractivity contribution is 7.90. The number of aromatic nitrogens is 1. The largest absolute Gasteiger partial charge is 0.458 e. The first-order valence-corrected chi connectivity index (χ1v) is 12.3. The average Bonchev–Trinajstić information content (AvgIpc) is 2.79. The fraction of sp³-hybridized carbons (Fsp3) is 0.391. The van der Waals surface area contributed by atoms with Crippen molar-refractivity contribution in [2.75, 3.05) is 6.54 Å². The summed E-state index contributed by atoms with van der Waals surface area (Å²) >= 11 is 0. The summed E-state index contributed by atoms with van der Waals surface area (Å²) in [5.41, 5.74) is 0.300. The summed E-state index contributed by atoms with van der Waals surface area (Å²) in [6, 6.07) is 7.81. The first-order valence-electron chi connectivity index (χ1n) is 10.8. The van der Waals surface area contributed by atoms with E-state index < -0.39 is 21.9 Å². The number of carbonyl (C=O) groups excluding carboxylic acids is 3. The first-order chi connectivity index (χ1) is 15.7. The number of hydrogen-bond acceptors (Lipinski definition) is 7. The smallest absolute Gasteiger partial charge is 0.357 e. The number of rotatable bonds is 11. The van der Waals surface area contributed by atoms with Crippen molar-refractivity contribution < 1.29 is 27.5 Å². The minimum atomic E-state index is -4.17. The zero-order valence-electron chi connectivity index (χ0n) is 19.0. The average molecular weight is 476 g/mol. The zero-order chi connectivity index (χ0) is 24.4. The minimum Gasteiger partial charge on any atom is -0.458 e. The highest BCUT2D eigenvalue weighted by Crippen LogP contribution is 2.14. The lowest BCUT2D eigenvalue weighted by atomic mass is 10.1. The number of esters is 1. The molecule has 9 nitrogen and oxygen atoms in total. The van der Waals surface area contributed by atoms with Crippen LogP contribution in [0, 0.1) is 0 Å². The van der Waals surface area contributed by atoms with Crippen molar-refractivity contribution in [2.45, 2.75) is 57.5 Å². The molecule has 178 valence electrons. The summed E-state index contributed by atoms with van der Waals surface area (Å²) in [5, 5.41) is 2.61. The van der Waals surface area contributed by atoms with E-state index in [0.29, 0.717) is 12.1 Å². The molecule has 0 aliphatic rings. The predicted octanol–water partition coefficient (Wildman–Crippen LogP) is 3.08. The molecule has 0 atom stereocenters. The van der Waals surface area contributed by atoms with Gasteiger partial charge in [0.1, 0.15) is 11.8 Å². The van der Waals surface area contributed by atoms with E-state index >= 15 is 0 Å². The second-order valence-corrected chi connectivity index (χ2v) is 9.04. The Bertz CT molecular complexity index is 1060. The summed E-state index contributed by atoms with van der Waals surface area (Å²) in [6.07, 6.45) is 4.20. The lowest BCUT2D eigenvalue weighted by Gasteiger charge is -2.16. The Kier molecular flexibility index (Phi) is 9.53. The molecule has 0 aliphatic carbocycles. The van der Waals surface area contributed by atoms with Gasteiger partial charge in [0.15, 0.2) is 0 Å². The molecule has 1 aromatic carbocycles. The van der Waals surface area contributed by atoms with Crippen LogP contribution < -0.4 is 10.0 Å². The molecule has 0 saturated carbocycles. The van der Waals surface area contributed by atoms with Crippen molar-refractivity contribution >= 4 is 27.8 Å². The van der Waals surface area contributed by atoms with Gasteiger partial charge in [-0.1, -0.05) is 26.7 Å². The van der Waals surface area contributed by atoms with Crippen molar-refractivity contribution in [3.63, 3.8) is 0 Å². The van der Waals surface area contributed by atoms with Crippen LogP contribution in [0.25, 0.3) is 0 Å². The summed E-state index contributed by atoms with van der Waals surface area (Å²) < 4.78 is 32.5. The molecule has 0 aliphatic heterocycles. The number of benzene rings is 1. The van der Waals surface area contributed by atoms with Gasteiger partial charge >= 0.3 is 5.97 Å². The number of nitrogens with zero attached hydrogens (tertiary/aromatic N) is 1. The van der Waals surface area contributed by atoms with Crippen LogP contribution in [0.3, 0.4) is 0 Å². The van der Waals surface area contributed by atoms with Crippen LogP contribution in [0.15, 0.2) is 47.5 Å². The molecular weight excluding hydrogens is 446 g/mol. The second kappa shape index (κ2) is 12.1. The van der Waals surface area contributed by atoms with E-state index in [9.17, 15) is 22.8 Å². The van der Waals surface area contributed by atoms with Crippen LogP contribution in [0.1, 0.15) is 77.7 Å². The first kappa shape index (κ1) is 26.0. The molecular formula is C23H29N3O6S. The van der Waals surface area contributed by atoms with E-state index in [1.165, 1.54) is 36.4 Å². The Balaban J connectivity index is 2.06. The molecule has 2 amide bonds. The van der Waals surface area contributed by atoms with Gasteiger partial charge < -0.3 is 10.1 Å². The van der Waals surface area contributed by atoms with Crippen molar-refractivity contribution in [1.82, 2.24) is 15.0 Å². The molecule has 0 unspecified atom stereocenters. The standard InChI is InChI=1S/C23H29N3O6S/c1-4-7-18(8-5-2)32-23(29)20-14-11-17(15-25-20)22(28)26-33(30,31)19-12-9-16(10-13-19)21(27)24-6-3/h9-15,18H,4-8H2,1-3H3,(H,24,27)(H,26,28). The Hall–Kier alpha value is -3.27. The predicted molar refractivity (Wildman–Crippen MR) is 122 cm³/mol. The molecule has 1 heterocycles. The monoisotopic (exact) mass is 475 g/mol. The molecule has 10 heteroatoms. The van der Waals surface area contributed by atoms with Gasteiger partial charge in [0.25, 0.3) is 21.8 Å². The van der Waals surface area contributed by atoms with Gasteiger partial charge in [-0.3, -0.25) is 9.59 Å². The summed E-state index contributed by atoms with van der Waals surface area (Å²) in [6.45, 7) is 6.23. The van der Waals surface area contributed by atoms with Crippen LogP contribution in [0.2, 0.25) is 0 Å². The molecule has 2 N–H and O–H groups in total. The quantitative estimate of drug-likeness (QED) is 0.477. The number of hydrogen-bond donors (Lipinski definition) is 2. The van der Waals surface area contributed by atoms with Crippen molar-refractivity contribution in [2.24, 2.45) is 0 Å². The van der Waals surface area contributed by atoms with Gasteiger partial charge in [-0.15, -0.1) is 0 Å². The highest BCUT2D eigenvalue weighted by Gasteiger charge is 2.21. The topological polar surface area (TPSA) is 132 Å². The maximum absolute atomic E-state index is 12.5. The normalized spacial score (nSPS) is 11.2. The van der Waals surface area contributed by atoms with Crippen LogP contribution in [0.4, 0.5) is 0 Å². The maximum Gasteiger partial charge on any atom is 0.357 e. The Morgan fingerprint density at radius 2 is 1.52 bits per heavy atom. The summed E-state index contributed by atoms with van der Waals surface area (Å²) in [4.78, 5) is 40.3. The third-order valence-corrected chi connectivity index (χ3v) is 6.07. The molecule has 0 radical (unpaired) electrons. The second-order valence-electron chi connectivity index (χ2n) is 7.36. The van der Waals surface area contributed by atoms with E-state index in [4.69, 9.17) is 4.74 Å². The van der Waals surface area contributed by atoms with Crippen LogP contribution in [0.5, 0.6) is 0 Å². The molecule has 33 heavy (non-hydrogen) atoms. The molecule has 2 aromatic rings. The number of nitrogens with one attached hydrogen (secondary N) is 2. The molecule has 1 aromatic heterocycles. The molecule has 0 saturated heterocycles. The Morgan fingerprint density at radius 1 is 0.909 bits per heavy atom. The van der Waals surface area contributed by atoms with E-state index in [1.807, 2.05) is 18.6 Å². The van der Waals surface area contributed by atoms with Gasteiger partial charge in [0.05, 0.1) is 10.5 Å². The number of pyridine rings is 1. The third kappa shape index (κ3) is 7.38. The Morgan fingerprint density at radius 3 is 2.03 bits per heavy atom. The van der Waals surface area contributed by atoms with Crippen molar-refractivity contribution in [1.29, 1.82) is 0 Å². The van der Waals surface area contributed by atoms with Gasteiger partial charge in [-0.2, -0.15) is 0 Å². The summed E-state index contributed by atoms with van der Waals surface area (Å²) in [7, 11) is -4.17. The van der Waals surface area contributed by atoms with Crippen molar-refractivity contribution in [3.05, 3.63) is 59.4 Å². The number of ether oxygens (including phenoxy) is 1. The molecule has 0 fully saturated rings. The fourth-order valence-electron chi connectivity index (χ4n) is 3.05.